The number of aliphatic hydroxyl groups excluding tert-OH is 1. The minimum atomic E-state index is -1.07. The Kier molecular flexibility index (Phi) is 8.42. The monoisotopic (exact) mass is 593 g/mol. The number of nitrogens with zero attached hydrogens (tertiary/aromatic N) is 1. The van der Waals surface area contributed by atoms with Gasteiger partial charge >= 0.3 is 7.12 Å². The van der Waals surface area contributed by atoms with Gasteiger partial charge in [-0.15, -0.1) is 0 Å². The average Bonchev–Trinajstić information content (AvgIpc) is 3.18. The van der Waals surface area contributed by atoms with Crippen LogP contribution in [0.3, 0.4) is 0 Å². The minimum absolute atomic E-state index is 0.201. The standard InChI is InChI=1S/C30H33BBrNO6/c1-2-6-18(13-19-14-21(32)10-11-25(19)35)9-12-26-27-20(17-34)15-23-28(24(27)16-31(38)39-26)30(37)33(29(23)36)22-7-4-3-5-8-22/h3-5,7-8,10-11,13-14,23-24,26,28,34-35,38H,2,6,9,12,15-17H2,1H3/b18-13+/t23-,24+,26-,28-/m1/s1. The molecule has 2 aromatic rings. The van der Waals surface area contributed by atoms with Crippen molar-refractivity contribution in [1.82, 2.24) is 0 Å². The van der Waals surface area contributed by atoms with Crippen LogP contribution in [0, 0.1) is 17.8 Å². The van der Waals surface area contributed by atoms with Crippen molar-refractivity contribution >= 4 is 46.6 Å². The molecular formula is C30H33BBrNO6. The van der Waals surface area contributed by atoms with Gasteiger partial charge in [0.25, 0.3) is 0 Å². The largest absolute Gasteiger partial charge is 0.507 e. The predicted molar refractivity (Wildman–Crippen MR) is 154 cm³/mol. The third-order valence-electron chi connectivity index (χ3n) is 8.16. The van der Waals surface area contributed by atoms with E-state index in [1.54, 1.807) is 36.4 Å². The number of rotatable bonds is 8. The van der Waals surface area contributed by atoms with Crippen LogP contribution in [0.1, 0.15) is 44.6 Å². The summed E-state index contributed by atoms with van der Waals surface area (Å²) in [4.78, 5) is 28.4. The maximum absolute atomic E-state index is 13.7. The molecule has 5 rings (SSSR count). The first-order valence-corrected chi connectivity index (χ1v) is 14.4. The van der Waals surface area contributed by atoms with E-state index in [1.165, 1.54) is 4.90 Å². The number of phenols is 1. The number of anilines is 1. The number of carbonyl (C=O) groups is 2. The molecular weight excluding hydrogens is 561 g/mol. The molecule has 2 amide bonds. The van der Waals surface area contributed by atoms with Crippen molar-refractivity contribution < 1.29 is 29.5 Å². The van der Waals surface area contributed by atoms with Gasteiger partial charge in [-0.3, -0.25) is 14.5 Å². The van der Waals surface area contributed by atoms with Gasteiger partial charge in [-0.05, 0) is 79.4 Å². The summed E-state index contributed by atoms with van der Waals surface area (Å²) in [6.07, 6.45) is 5.00. The van der Waals surface area contributed by atoms with Crippen LogP contribution >= 0.6 is 15.9 Å². The topological polar surface area (TPSA) is 107 Å². The van der Waals surface area contributed by atoms with Crippen LogP contribution in [0.15, 0.2) is 69.7 Å². The van der Waals surface area contributed by atoms with E-state index in [0.717, 1.165) is 39.6 Å². The maximum Gasteiger partial charge on any atom is 0.455 e. The third kappa shape index (κ3) is 5.50. The lowest BCUT2D eigenvalue weighted by Crippen LogP contribution is -2.46. The second kappa shape index (κ2) is 11.8. The quantitative estimate of drug-likeness (QED) is 0.223. The molecule has 2 aliphatic heterocycles. The molecule has 0 saturated carbocycles. The molecule has 204 valence electrons. The fourth-order valence-corrected chi connectivity index (χ4v) is 6.89. The summed E-state index contributed by atoms with van der Waals surface area (Å²) >= 11 is 3.46. The molecule has 0 unspecified atom stereocenters. The first-order valence-electron chi connectivity index (χ1n) is 13.6. The molecule has 39 heavy (non-hydrogen) atoms. The lowest BCUT2D eigenvalue weighted by Gasteiger charge is -2.43. The fourth-order valence-electron chi connectivity index (χ4n) is 6.51. The van der Waals surface area contributed by atoms with Crippen LogP contribution in [0.2, 0.25) is 6.32 Å². The summed E-state index contributed by atoms with van der Waals surface area (Å²) in [7, 11) is -1.07. The van der Waals surface area contributed by atoms with Crippen molar-refractivity contribution in [1.29, 1.82) is 0 Å². The van der Waals surface area contributed by atoms with Gasteiger partial charge in [0.1, 0.15) is 5.75 Å². The number of halogens is 1. The number of fused-ring (bicyclic) bond motifs is 3. The molecule has 2 aromatic carbocycles. The van der Waals surface area contributed by atoms with Gasteiger partial charge in [0.05, 0.1) is 30.2 Å². The molecule has 3 N–H and O–H groups in total. The lowest BCUT2D eigenvalue weighted by molar-refractivity contribution is -0.122. The van der Waals surface area contributed by atoms with Crippen molar-refractivity contribution in [3.8, 4) is 5.75 Å². The number of para-hydroxylation sites is 1. The van der Waals surface area contributed by atoms with Crippen LogP contribution in [0.4, 0.5) is 5.69 Å². The molecule has 4 atom stereocenters. The number of carbonyl (C=O) groups excluding carboxylic acids is 2. The minimum Gasteiger partial charge on any atom is -0.507 e. The second-order valence-electron chi connectivity index (χ2n) is 10.6. The molecule has 0 spiro atoms. The van der Waals surface area contributed by atoms with Gasteiger partial charge in [0.15, 0.2) is 0 Å². The van der Waals surface area contributed by atoms with Crippen LogP contribution < -0.4 is 4.90 Å². The number of amides is 2. The van der Waals surface area contributed by atoms with E-state index in [4.69, 9.17) is 4.65 Å². The Morgan fingerprint density at radius 1 is 1.13 bits per heavy atom. The lowest BCUT2D eigenvalue weighted by atomic mass is 9.58. The van der Waals surface area contributed by atoms with Gasteiger partial charge in [-0.2, -0.15) is 0 Å². The molecule has 0 radical (unpaired) electrons. The highest BCUT2D eigenvalue weighted by molar-refractivity contribution is 9.10. The van der Waals surface area contributed by atoms with Crippen molar-refractivity contribution in [2.45, 2.75) is 51.5 Å². The molecule has 1 aliphatic carbocycles. The Morgan fingerprint density at radius 3 is 2.62 bits per heavy atom. The van der Waals surface area contributed by atoms with Gasteiger partial charge in [0.2, 0.25) is 11.8 Å². The Labute approximate surface area is 237 Å². The maximum atomic E-state index is 13.7. The van der Waals surface area contributed by atoms with Crippen molar-refractivity contribution in [2.75, 3.05) is 11.5 Å². The summed E-state index contributed by atoms with van der Waals surface area (Å²) in [6, 6.07) is 14.2. The number of imide groups is 1. The normalized spacial score (nSPS) is 25.3. The van der Waals surface area contributed by atoms with Crippen LogP contribution in [0.25, 0.3) is 6.08 Å². The Balaban J connectivity index is 1.43. The van der Waals surface area contributed by atoms with E-state index in [-0.39, 0.29) is 36.4 Å². The molecule has 7 nitrogen and oxygen atoms in total. The van der Waals surface area contributed by atoms with E-state index in [2.05, 4.69) is 22.9 Å². The molecule has 2 fully saturated rings. The summed E-state index contributed by atoms with van der Waals surface area (Å²) in [6.45, 7) is 1.88. The van der Waals surface area contributed by atoms with Crippen molar-refractivity contribution in [3.05, 3.63) is 75.3 Å². The summed E-state index contributed by atoms with van der Waals surface area (Å²) in [5.74, 6) is -1.83. The number of hydrogen-bond acceptors (Lipinski definition) is 6. The third-order valence-corrected chi connectivity index (χ3v) is 8.65. The zero-order valence-corrected chi connectivity index (χ0v) is 23.5. The van der Waals surface area contributed by atoms with Crippen LogP contribution in [-0.2, 0) is 14.2 Å². The summed E-state index contributed by atoms with van der Waals surface area (Å²) in [5.41, 5.74) is 4.00. The molecule has 0 bridgehead atoms. The average molecular weight is 594 g/mol. The first-order chi connectivity index (χ1) is 18.8. The van der Waals surface area contributed by atoms with E-state index in [0.29, 0.717) is 24.9 Å². The number of phenolic OH excluding ortho intramolecular Hbond substituents is 1. The highest BCUT2D eigenvalue weighted by atomic mass is 79.9. The SMILES string of the molecule is CCC/C(=C\c1cc(Br)ccc1O)CC[C@H]1OB(O)C[C@H]2C1=C(CO)C[C@H]1C(=O)N(c3ccccc3)C(=O)[C@H]12. The number of allylic oxidation sites excluding steroid dienone is 1. The van der Waals surface area contributed by atoms with Crippen molar-refractivity contribution in [2.24, 2.45) is 17.8 Å². The molecule has 0 aromatic heterocycles. The van der Waals surface area contributed by atoms with Gasteiger partial charge in [-0.25, -0.2) is 0 Å². The van der Waals surface area contributed by atoms with Crippen LogP contribution in [0.5, 0.6) is 5.75 Å². The fraction of sp³-hybridized carbons (Fsp3) is 0.400. The highest BCUT2D eigenvalue weighted by Crippen LogP contribution is 2.51. The van der Waals surface area contributed by atoms with E-state index in [9.17, 15) is 24.8 Å². The van der Waals surface area contributed by atoms with Gasteiger partial charge < -0.3 is 19.9 Å². The molecule has 9 heteroatoms. The van der Waals surface area contributed by atoms with E-state index >= 15 is 0 Å². The van der Waals surface area contributed by atoms with Gasteiger partial charge in [-0.1, -0.05) is 59.1 Å². The number of benzene rings is 2. The smallest absolute Gasteiger partial charge is 0.455 e. The zero-order chi connectivity index (χ0) is 27.7. The predicted octanol–water partition coefficient (Wildman–Crippen LogP) is 5.11. The Hall–Kier alpha value is -2.72. The number of hydrogen-bond donors (Lipinski definition) is 3. The molecule has 3 aliphatic rings. The zero-order valence-electron chi connectivity index (χ0n) is 21.9. The Bertz CT molecular complexity index is 1310. The van der Waals surface area contributed by atoms with E-state index in [1.807, 2.05) is 18.2 Å². The van der Waals surface area contributed by atoms with Gasteiger partial charge in [0, 0.05) is 10.0 Å². The van der Waals surface area contributed by atoms with Crippen molar-refractivity contribution in [3.63, 3.8) is 0 Å². The highest BCUT2D eigenvalue weighted by Gasteiger charge is 2.57. The van der Waals surface area contributed by atoms with E-state index < -0.39 is 25.1 Å². The molecule has 2 saturated heterocycles. The first kappa shape index (κ1) is 27.8. The second-order valence-corrected chi connectivity index (χ2v) is 11.5. The number of aromatic hydroxyl groups is 1. The van der Waals surface area contributed by atoms with Crippen LogP contribution in [-0.4, -0.2) is 46.9 Å². The summed E-state index contributed by atoms with van der Waals surface area (Å²) < 4.78 is 6.90. The Morgan fingerprint density at radius 2 is 1.90 bits per heavy atom. The molecule has 2 heterocycles. The summed E-state index contributed by atoms with van der Waals surface area (Å²) in [5, 5.41) is 31.4. The number of aliphatic hydroxyl groups is 1.